The fraction of sp³-hybridized carbons (Fsp3) is 0.861. The number of methoxy groups -OCH3 is 1. The summed E-state index contributed by atoms with van der Waals surface area (Å²) in [7, 11) is 5.22. The first-order valence-corrected chi connectivity index (χ1v) is 34.6. The minimum absolute atomic E-state index is 0.0150. The Balaban J connectivity index is 1.86. The van der Waals surface area contributed by atoms with Crippen LogP contribution in [-0.2, 0) is 62.2 Å². The normalized spacial score (nSPS) is 24.3. The van der Waals surface area contributed by atoms with Crippen molar-refractivity contribution in [1.82, 2.24) is 24.5 Å². The van der Waals surface area contributed by atoms with Crippen LogP contribution in [-0.4, -0.2) is 169 Å². The van der Waals surface area contributed by atoms with Crippen LogP contribution in [0.15, 0.2) is 0 Å². The maximum atomic E-state index is 15.6. The molecule has 0 saturated carbocycles. The number of likely N-dealkylation sites (N-methyl/N-ethyl adjacent to an activating group) is 1. The molecule has 0 spiro atoms. The number of hydrogen-bond acceptors (Lipinski definition) is 14. The number of likely N-dealkylation sites (tertiary alicyclic amines) is 4. The lowest BCUT2D eigenvalue weighted by molar-refractivity contribution is -0.158. The molecule has 0 aromatic rings. The van der Waals surface area contributed by atoms with E-state index in [0.29, 0.717) is 25.8 Å². The zero-order valence-corrected chi connectivity index (χ0v) is 60.3. The van der Waals surface area contributed by atoms with E-state index in [2.05, 4.69) is 27.7 Å². The van der Waals surface area contributed by atoms with Crippen molar-refractivity contribution in [2.45, 2.75) is 233 Å². The summed E-state index contributed by atoms with van der Waals surface area (Å²) in [6.45, 7) is 35.5. The van der Waals surface area contributed by atoms with E-state index >= 15 is 28.8 Å². The summed E-state index contributed by atoms with van der Waals surface area (Å²) < 4.78 is 16.4. The zero-order chi connectivity index (χ0) is 69.1. The van der Waals surface area contributed by atoms with Crippen molar-refractivity contribution in [3.05, 3.63) is 0 Å². The third-order valence-corrected chi connectivity index (χ3v) is 20.6. The van der Waals surface area contributed by atoms with E-state index in [0.717, 1.165) is 32.1 Å². The first-order chi connectivity index (χ1) is 42.0. The third-order valence-electron chi connectivity index (χ3n) is 20.6. The number of amides is 8. The van der Waals surface area contributed by atoms with Gasteiger partial charge in [-0.3, -0.25) is 67.5 Å². The van der Waals surface area contributed by atoms with E-state index in [4.69, 9.17) is 14.2 Å². The summed E-state index contributed by atoms with van der Waals surface area (Å²) in [6.07, 6.45) is 11.3. The summed E-state index contributed by atoms with van der Waals surface area (Å²) >= 11 is 0. The molecule has 0 aromatic carbocycles. The van der Waals surface area contributed by atoms with Crippen LogP contribution in [0.4, 0.5) is 0 Å². The molecule has 0 aliphatic carbocycles. The van der Waals surface area contributed by atoms with Crippen molar-refractivity contribution >= 4 is 59.2 Å². The summed E-state index contributed by atoms with van der Waals surface area (Å²) in [6, 6.07) is -0.727. The lowest BCUT2D eigenvalue weighted by atomic mass is 9.58. The number of nitrogens with zero attached hydrogens (tertiary/aromatic N) is 5. The smallest absolute Gasteiger partial charge is 0.309 e. The predicted molar refractivity (Wildman–Crippen MR) is 351 cm³/mol. The minimum atomic E-state index is -1.27. The van der Waals surface area contributed by atoms with Crippen molar-refractivity contribution in [2.75, 3.05) is 73.8 Å². The fourth-order valence-corrected chi connectivity index (χ4v) is 15.9. The molecule has 4 aliphatic heterocycles. The highest BCUT2D eigenvalue weighted by Gasteiger charge is 2.64. The standard InChI is InChI=1S/C72H123N5O14/c1-22-24-25-26-27-28-29-30-31-32-34-74-58(79)50(54(61(74)82)69(11,12)41-48(65(86)87)47(4)66(88)91-23-2)42-70(13,14)55-51(59(80)76(63(55)84)37-36-73(19)20)43-72(17,18)56-52(60(81)77(64(56)85)46(3)45-90-39-38-89-21)44-71(15,16)53-49(40-68(8,9)10)57(78)75(62(53)83)35-33-67(5,6)7/h46-56H,22-45H2,1-21H3,(H,86,87). The summed E-state index contributed by atoms with van der Waals surface area (Å²) in [5.74, 6) is -15.4. The Bertz CT molecular complexity index is 2540. The average molecular weight is 1280 g/mol. The Morgan fingerprint density at radius 1 is 0.505 bits per heavy atom. The number of carboxylic acids is 1. The lowest BCUT2D eigenvalue weighted by Crippen LogP contribution is -2.45. The summed E-state index contributed by atoms with van der Waals surface area (Å²) in [4.78, 5) is 156. The van der Waals surface area contributed by atoms with Crippen molar-refractivity contribution in [3.63, 3.8) is 0 Å². The highest BCUT2D eigenvalue weighted by molar-refractivity contribution is 6.09. The molecule has 11 atom stereocenters. The molecular weight excluding hydrogens is 1160 g/mol. The number of carbonyl (C=O) groups excluding carboxylic acids is 9. The Morgan fingerprint density at radius 2 is 0.912 bits per heavy atom. The number of hydrogen-bond donors (Lipinski definition) is 1. The highest BCUT2D eigenvalue weighted by atomic mass is 16.5. The second kappa shape index (κ2) is 32.7. The SMILES string of the molecule is CCCCCCCCCCCCN1C(=O)C(CC(C)(C)C2C(=O)N(CCN(C)C)C(=O)C2CC(C)(C)C2C(=O)N(C(C)COCCOC)C(=O)C2CC(C)(C)C2C(=O)N(CCC(C)(C)C)C(=O)C2CC(C)(C)C)C(C(C)(C)CC(C(=O)O)C(C)C(=O)OCC)C1=O. The van der Waals surface area contributed by atoms with Crippen LogP contribution in [0.2, 0.25) is 0 Å². The Labute approximate surface area is 547 Å². The highest BCUT2D eigenvalue weighted by Crippen LogP contribution is 2.57. The van der Waals surface area contributed by atoms with Crippen LogP contribution in [0.1, 0.15) is 227 Å². The van der Waals surface area contributed by atoms with Gasteiger partial charge in [0.15, 0.2) is 0 Å². The topological polar surface area (TPSA) is 235 Å². The molecule has 4 rings (SSSR count). The predicted octanol–water partition coefficient (Wildman–Crippen LogP) is 11.4. The number of carbonyl (C=O) groups is 10. The maximum absolute atomic E-state index is 15.6. The van der Waals surface area contributed by atoms with E-state index < -0.39 is 134 Å². The van der Waals surface area contributed by atoms with Crippen LogP contribution in [0.25, 0.3) is 0 Å². The van der Waals surface area contributed by atoms with Crippen LogP contribution in [0.5, 0.6) is 0 Å². The number of rotatable bonds is 39. The van der Waals surface area contributed by atoms with Gasteiger partial charge in [-0.2, -0.15) is 0 Å². The minimum Gasteiger partial charge on any atom is -0.481 e. The number of ether oxygens (including phenoxy) is 3. The van der Waals surface area contributed by atoms with Crippen molar-refractivity contribution < 1.29 is 67.3 Å². The largest absolute Gasteiger partial charge is 0.481 e. The number of aliphatic carboxylic acids is 1. The number of imide groups is 4. The molecule has 1 N–H and O–H groups in total. The second-order valence-corrected chi connectivity index (χ2v) is 33.1. The molecule has 4 heterocycles. The van der Waals surface area contributed by atoms with Crippen LogP contribution in [0, 0.1) is 91.7 Å². The molecule has 0 bridgehead atoms. The van der Waals surface area contributed by atoms with Gasteiger partial charge in [0, 0.05) is 33.3 Å². The third kappa shape index (κ3) is 20.0. The van der Waals surface area contributed by atoms with Gasteiger partial charge in [0.1, 0.15) is 0 Å². The molecule has 0 aromatic heterocycles. The second-order valence-electron chi connectivity index (χ2n) is 33.1. The zero-order valence-electron chi connectivity index (χ0n) is 60.3. The van der Waals surface area contributed by atoms with Crippen LogP contribution < -0.4 is 0 Å². The summed E-state index contributed by atoms with van der Waals surface area (Å²) in [5.41, 5.74) is -5.14. The Kier molecular flexibility index (Phi) is 28.3. The number of carboxylic acid groups (broad SMARTS) is 1. The van der Waals surface area contributed by atoms with Crippen LogP contribution >= 0.6 is 0 Å². The van der Waals surface area contributed by atoms with Gasteiger partial charge >= 0.3 is 11.9 Å². The van der Waals surface area contributed by atoms with Gasteiger partial charge in [0.05, 0.1) is 91.6 Å². The fourth-order valence-electron chi connectivity index (χ4n) is 15.9. The number of esters is 1. The van der Waals surface area contributed by atoms with E-state index in [1.54, 1.807) is 34.8 Å². The Hall–Kier alpha value is -4.62. The average Bonchev–Trinajstić information content (AvgIpc) is 1.61. The van der Waals surface area contributed by atoms with Gasteiger partial charge in [-0.25, -0.2) is 0 Å². The first-order valence-electron chi connectivity index (χ1n) is 34.6. The molecule has 19 nitrogen and oxygen atoms in total. The molecule has 4 fully saturated rings. The molecule has 11 unspecified atom stereocenters. The molecule has 91 heavy (non-hydrogen) atoms. The van der Waals surface area contributed by atoms with E-state index in [9.17, 15) is 24.3 Å². The molecule has 19 heteroatoms. The molecule has 0 radical (unpaired) electrons. The van der Waals surface area contributed by atoms with Crippen molar-refractivity contribution in [3.8, 4) is 0 Å². The van der Waals surface area contributed by atoms with E-state index in [1.807, 2.05) is 81.3 Å². The molecule has 4 aliphatic rings. The molecular formula is C72H123N5O14. The van der Waals surface area contributed by atoms with E-state index in [1.165, 1.54) is 52.2 Å². The van der Waals surface area contributed by atoms with Gasteiger partial charge < -0.3 is 24.2 Å². The quantitative estimate of drug-likeness (QED) is 0.0342. The van der Waals surface area contributed by atoms with Crippen LogP contribution in [0.3, 0.4) is 0 Å². The Morgan fingerprint density at radius 3 is 1.33 bits per heavy atom. The van der Waals surface area contributed by atoms with Gasteiger partial charge in [-0.15, -0.1) is 0 Å². The maximum Gasteiger partial charge on any atom is 0.309 e. The van der Waals surface area contributed by atoms with Gasteiger partial charge in [-0.1, -0.05) is 169 Å². The molecule has 4 saturated heterocycles. The number of unbranched alkanes of at least 4 members (excludes halogenated alkanes) is 9. The lowest BCUT2D eigenvalue weighted by Gasteiger charge is -2.42. The van der Waals surface area contributed by atoms with E-state index in [-0.39, 0.29) is 94.4 Å². The van der Waals surface area contributed by atoms with Gasteiger partial charge in [-0.05, 0) is 105 Å². The monoisotopic (exact) mass is 1280 g/mol. The van der Waals surface area contributed by atoms with Crippen molar-refractivity contribution in [2.24, 2.45) is 91.7 Å². The summed E-state index contributed by atoms with van der Waals surface area (Å²) in [5, 5.41) is 10.7. The molecule has 520 valence electrons. The molecule has 8 amide bonds. The van der Waals surface area contributed by atoms with Crippen molar-refractivity contribution in [1.29, 1.82) is 0 Å². The van der Waals surface area contributed by atoms with Gasteiger partial charge in [0.25, 0.3) is 0 Å². The first kappa shape index (κ1) is 78.8. The van der Waals surface area contributed by atoms with Gasteiger partial charge in [0.2, 0.25) is 47.3 Å².